The van der Waals surface area contributed by atoms with Crippen LogP contribution in [0.2, 0.25) is 0 Å². The highest BCUT2D eigenvalue weighted by Crippen LogP contribution is 2.19. The Morgan fingerprint density at radius 3 is 1.86 bits per heavy atom. The quantitative estimate of drug-likeness (QED) is 0.0338. The maximum atomic E-state index is 12.8. The van der Waals surface area contributed by atoms with Crippen molar-refractivity contribution in [3.8, 4) is 18.1 Å². The molecule has 0 aromatic heterocycles. The van der Waals surface area contributed by atoms with Gasteiger partial charge in [-0.15, -0.1) is 12.3 Å². The normalized spacial score (nSPS) is 13.9. The Labute approximate surface area is 442 Å². The first kappa shape index (κ1) is 67.5. The van der Waals surface area contributed by atoms with Gasteiger partial charge in [-0.1, -0.05) is 115 Å². The van der Waals surface area contributed by atoms with E-state index < -0.39 is 42.3 Å². The predicted molar refractivity (Wildman–Crippen MR) is 291 cm³/mol. The van der Waals surface area contributed by atoms with E-state index >= 15 is 0 Å². The fourth-order valence-corrected chi connectivity index (χ4v) is 6.92. The first-order valence-electron chi connectivity index (χ1n) is 26.3. The molecule has 0 bridgehead atoms. The van der Waals surface area contributed by atoms with Crippen LogP contribution in [-0.2, 0) is 49.5 Å². The summed E-state index contributed by atoms with van der Waals surface area (Å²) in [5, 5.41) is 19.0. The van der Waals surface area contributed by atoms with Gasteiger partial charge in [-0.3, -0.25) is 38.4 Å². The molecule has 0 radical (unpaired) electrons. The maximum Gasteiger partial charge on any atom is 0.302 e. The third-order valence-corrected chi connectivity index (χ3v) is 10.7. The third kappa shape index (κ3) is 34.0. The van der Waals surface area contributed by atoms with Gasteiger partial charge in [0.15, 0.2) is 6.61 Å². The van der Waals surface area contributed by atoms with Crippen molar-refractivity contribution in [1.82, 2.24) is 42.1 Å². The lowest BCUT2D eigenvalue weighted by Crippen LogP contribution is -2.54. The Hall–Kier alpha value is -6.48. The minimum Gasteiger partial charge on any atom is -0.484 e. The topological polar surface area (TPSA) is 242 Å². The molecule has 0 aliphatic carbocycles. The Morgan fingerprint density at radius 2 is 1.31 bits per heavy atom. The molecule has 7 amide bonds. The molecule has 0 spiro atoms. The number of hydrogen-bond acceptors (Lipinski definition) is 11. The number of terminal acetylenes is 1. The first-order valence-corrected chi connectivity index (χ1v) is 26.3. The van der Waals surface area contributed by atoms with Crippen LogP contribution in [0.15, 0.2) is 54.6 Å². The first-order chi connectivity index (χ1) is 35.3. The van der Waals surface area contributed by atoms with E-state index in [-0.39, 0.29) is 67.9 Å². The number of esters is 1. The van der Waals surface area contributed by atoms with Crippen molar-refractivity contribution in [2.75, 3.05) is 52.9 Å². The van der Waals surface area contributed by atoms with Crippen LogP contribution in [0, 0.1) is 25.2 Å². The van der Waals surface area contributed by atoms with Crippen LogP contribution in [0.3, 0.4) is 0 Å². The van der Waals surface area contributed by atoms with Crippen molar-refractivity contribution in [2.24, 2.45) is 5.92 Å². The summed E-state index contributed by atoms with van der Waals surface area (Å²) in [5.74, 6) is -0.727. The summed E-state index contributed by atoms with van der Waals surface area (Å²) in [6.07, 6.45) is 14.3. The summed E-state index contributed by atoms with van der Waals surface area (Å²) in [7, 11) is 1.44. The number of carbonyl (C=O) groups excluding carboxylic acids is 8. The van der Waals surface area contributed by atoms with E-state index in [1.165, 1.54) is 44.2 Å². The van der Waals surface area contributed by atoms with Crippen LogP contribution in [0.5, 0.6) is 5.75 Å². The smallest absolute Gasteiger partial charge is 0.302 e. The van der Waals surface area contributed by atoms with Crippen LogP contribution >= 0.6 is 0 Å². The molecule has 0 saturated carbocycles. The van der Waals surface area contributed by atoms with E-state index in [2.05, 4.69) is 89.9 Å². The molecular weight excluding hydrogens is 945 g/mol. The van der Waals surface area contributed by atoms with Gasteiger partial charge in [-0.2, -0.15) is 0 Å². The largest absolute Gasteiger partial charge is 0.484 e. The molecule has 2 aromatic rings. The summed E-state index contributed by atoms with van der Waals surface area (Å²) in [6, 6.07) is 15.9. The molecule has 2 aromatic carbocycles. The maximum absolute atomic E-state index is 12.8. The highest BCUT2D eigenvalue weighted by Gasteiger charge is 2.30. The number of ether oxygens (including phenoxy) is 2. The molecule has 74 heavy (non-hydrogen) atoms. The molecule has 1 heterocycles. The number of nitrogens with zero attached hydrogens (tertiary/aromatic N) is 1. The van der Waals surface area contributed by atoms with E-state index in [0.717, 1.165) is 37.8 Å². The van der Waals surface area contributed by atoms with Gasteiger partial charge >= 0.3 is 5.97 Å². The Balaban J connectivity index is 0.00000360. The third-order valence-electron chi connectivity index (χ3n) is 10.7. The lowest BCUT2D eigenvalue weighted by Gasteiger charge is -2.23. The van der Waals surface area contributed by atoms with Crippen molar-refractivity contribution >= 4 is 47.3 Å². The van der Waals surface area contributed by atoms with E-state index in [1.807, 2.05) is 42.5 Å². The fraction of sp³-hybridized carbons (Fsp3) is 0.607. The second kappa shape index (κ2) is 41.9. The van der Waals surface area contributed by atoms with E-state index in [1.54, 1.807) is 13.8 Å². The summed E-state index contributed by atoms with van der Waals surface area (Å²) in [4.78, 5) is 99.7. The van der Waals surface area contributed by atoms with Crippen LogP contribution in [0.25, 0.3) is 0 Å². The van der Waals surface area contributed by atoms with Crippen molar-refractivity contribution in [2.45, 2.75) is 164 Å². The van der Waals surface area contributed by atoms with Crippen LogP contribution in [0.4, 0.5) is 0 Å². The minimum atomic E-state index is -0.980. The van der Waals surface area contributed by atoms with Crippen molar-refractivity contribution < 1.29 is 47.8 Å². The Morgan fingerprint density at radius 1 is 0.730 bits per heavy atom. The summed E-state index contributed by atoms with van der Waals surface area (Å²) >= 11 is 0. The molecule has 7 N–H and O–H groups in total. The second-order valence-electron chi connectivity index (χ2n) is 18.5. The summed E-state index contributed by atoms with van der Waals surface area (Å²) in [6.45, 7) is 17.5. The Kier molecular flexibility index (Phi) is 38.3. The lowest BCUT2D eigenvalue weighted by molar-refractivity contribution is -0.146. The molecule has 1 unspecified atom stereocenters. The van der Waals surface area contributed by atoms with Crippen LogP contribution < -0.4 is 42.0 Å². The van der Waals surface area contributed by atoms with Gasteiger partial charge in [0, 0.05) is 45.9 Å². The molecule has 1 aliphatic heterocycles. The van der Waals surface area contributed by atoms with E-state index in [9.17, 15) is 38.4 Å². The number of rotatable bonds is 28. The zero-order chi connectivity index (χ0) is 55.7. The number of nitrogens with one attached hydrogen (secondary N) is 7. The summed E-state index contributed by atoms with van der Waals surface area (Å²) < 4.78 is 11.0. The molecule has 1 aliphatic rings. The molecular formula is C56H90N8O10. The van der Waals surface area contributed by atoms with E-state index in [4.69, 9.17) is 15.9 Å². The SMILES string of the molecule is C#CCCCCC(=O)NCC(=O)NC(C(=O)NCC(=O)N[C@@H](C)C(=O)N(C)CC(=O)NCCCCCCNC(=O)COc1ccc(C[C@H]2NCC[C@H]2OC(C)=O)cc1)C(C)C.CCC.CCC.Cc1ccccc1. The molecule has 18 nitrogen and oxygen atoms in total. The van der Waals surface area contributed by atoms with Gasteiger partial charge < -0.3 is 51.6 Å². The van der Waals surface area contributed by atoms with Gasteiger partial charge in [0.05, 0.1) is 19.6 Å². The van der Waals surface area contributed by atoms with Crippen molar-refractivity contribution in [1.29, 1.82) is 0 Å². The molecule has 1 fully saturated rings. The zero-order valence-electron chi connectivity index (χ0n) is 46.1. The molecule has 3 rings (SSSR count). The van der Waals surface area contributed by atoms with Gasteiger partial charge in [-0.25, -0.2) is 0 Å². The standard InChI is InChI=1S/C43H66N8O10.C7H8.2C3H8/c1-7-8-9-12-15-36(53)47-25-38(55)50-41(29(2)3)42(58)48-26-37(54)49-30(4)43(59)51(6)27-39(56)45-21-13-10-11-14-22-46-40(57)28-60-33-18-16-32(17-19-33)24-34-35(20-23-44-34)61-31(5)52;1-7-5-3-2-4-6-7;2*1-3-2/h1,16-19,29-30,34-35,41,44H,8-15,20-28H2,2-6H3,(H,45,56)(H,46,57)(H,47,53)(H,48,58)(H,49,54)(H,50,55);2-6H,1H3;2*3H2,1-2H3/t30-,34+,35+,41?;;;/m0.../s1. The lowest BCUT2D eigenvalue weighted by atomic mass is 10.0. The predicted octanol–water partition coefficient (Wildman–Crippen LogP) is 5.05. The van der Waals surface area contributed by atoms with Crippen molar-refractivity contribution in [3.63, 3.8) is 0 Å². The number of likely N-dealkylation sites (N-methyl/N-ethyl adjacent to an activating group) is 1. The number of hydrogen-bond donors (Lipinski definition) is 7. The fourth-order valence-electron chi connectivity index (χ4n) is 6.92. The zero-order valence-corrected chi connectivity index (χ0v) is 46.1. The van der Waals surface area contributed by atoms with E-state index in [0.29, 0.717) is 50.9 Å². The highest BCUT2D eigenvalue weighted by molar-refractivity contribution is 5.94. The van der Waals surface area contributed by atoms with Gasteiger partial charge in [-0.05, 0) is 82.5 Å². The number of benzene rings is 2. The molecule has 18 heteroatoms. The average molecular weight is 1040 g/mol. The van der Waals surface area contributed by atoms with Crippen LogP contribution in [-0.4, -0.2) is 129 Å². The molecule has 1 saturated heterocycles. The highest BCUT2D eigenvalue weighted by atomic mass is 16.5. The monoisotopic (exact) mass is 1030 g/mol. The van der Waals surface area contributed by atoms with Gasteiger partial charge in [0.25, 0.3) is 5.91 Å². The number of unbranched alkanes of at least 4 members (excludes halogenated alkanes) is 5. The Bertz CT molecular complexity index is 1970. The summed E-state index contributed by atoms with van der Waals surface area (Å²) in [5.41, 5.74) is 2.39. The number of aryl methyl sites for hydroxylation is 1. The number of amides is 7. The number of carbonyl (C=O) groups is 8. The molecule has 414 valence electrons. The van der Waals surface area contributed by atoms with Crippen molar-refractivity contribution in [3.05, 3.63) is 65.7 Å². The average Bonchev–Trinajstić information content (AvgIpc) is 3.79. The van der Waals surface area contributed by atoms with Gasteiger partial charge in [0.2, 0.25) is 35.4 Å². The molecule has 4 atom stereocenters. The van der Waals surface area contributed by atoms with Gasteiger partial charge in [0.1, 0.15) is 23.9 Å². The van der Waals surface area contributed by atoms with Crippen LogP contribution in [0.1, 0.15) is 137 Å². The second-order valence-corrected chi connectivity index (χ2v) is 18.5. The minimum absolute atomic E-state index is 0.0617.